The lowest BCUT2D eigenvalue weighted by molar-refractivity contribution is 0.140. The Morgan fingerprint density at radius 3 is 2.78 bits per heavy atom. The van der Waals surface area contributed by atoms with Crippen molar-refractivity contribution in [1.29, 1.82) is 0 Å². The van der Waals surface area contributed by atoms with Gasteiger partial charge in [-0.25, -0.2) is 13.8 Å². The molecule has 148 valence electrons. The Kier molecular flexibility index (Phi) is 5.88. The van der Waals surface area contributed by atoms with Gasteiger partial charge in [-0.2, -0.15) is 10.1 Å². The number of alkyl halides is 2. The summed E-state index contributed by atoms with van der Waals surface area (Å²) in [5.74, 6) is 1.54. The summed E-state index contributed by atoms with van der Waals surface area (Å²) in [6, 6.07) is 2.11. The lowest BCUT2D eigenvalue weighted by atomic mass is 10.0. The molecular weight excluding hydrogens is 352 g/mol. The Labute approximate surface area is 158 Å². The Hall–Kier alpha value is -2.29. The molecule has 27 heavy (non-hydrogen) atoms. The Morgan fingerprint density at radius 2 is 2.07 bits per heavy atom. The molecule has 1 fully saturated rings. The van der Waals surface area contributed by atoms with Crippen LogP contribution < -0.4 is 9.80 Å². The summed E-state index contributed by atoms with van der Waals surface area (Å²) in [5, 5.41) is 3.91. The summed E-state index contributed by atoms with van der Waals surface area (Å²) in [7, 11) is 7.57. The van der Waals surface area contributed by atoms with Gasteiger partial charge < -0.3 is 9.80 Å². The number of likely N-dealkylation sites (N-methyl/N-ethyl adjacent to an activating group) is 1. The highest BCUT2D eigenvalue weighted by atomic mass is 19.3. The smallest absolute Gasteiger partial charge is 0.282 e. The van der Waals surface area contributed by atoms with Crippen molar-refractivity contribution in [2.75, 3.05) is 44.0 Å². The number of aromatic nitrogens is 4. The topological polar surface area (TPSA) is 53.3 Å². The number of aryl methyl sites for hydroxylation is 1. The third kappa shape index (κ3) is 4.52. The second-order valence-corrected chi connectivity index (χ2v) is 7.27. The van der Waals surface area contributed by atoms with Crippen molar-refractivity contribution in [2.45, 2.75) is 31.9 Å². The first-order valence-electron chi connectivity index (χ1n) is 9.11. The van der Waals surface area contributed by atoms with Gasteiger partial charge in [0.2, 0.25) is 5.95 Å². The zero-order valence-corrected chi connectivity index (χ0v) is 16.3. The van der Waals surface area contributed by atoms with Gasteiger partial charge >= 0.3 is 0 Å². The van der Waals surface area contributed by atoms with Gasteiger partial charge in [-0.1, -0.05) is 0 Å². The predicted molar refractivity (Wildman–Crippen MR) is 101 cm³/mol. The van der Waals surface area contributed by atoms with Gasteiger partial charge in [-0.05, 0) is 25.5 Å². The highest BCUT2D eigenvalue weighted by molar-refractivity contribution is 5.42. The molecule has 2 aromatic heterocycles. The number of anilines is 2. The van der Waals surface area contributed by atoms with E-state index < -0.39 is 6.43 Å². The number of hydrogen-bond acceptors (Lipinski definition) is 6. The quantitative estimate of drug-likeness (QED) is 0.768. The van der Waals surface area contributed by atoms with Gasteiger partial charge in [0, 0.05) is 65.3 Å². The minimum absolute atomic E-state index is 0.116. The fourth-order valence-electron chi connectivity index (χ4n) is 3.51. The molecule has 0 spiro atoms. The maximum Gasteiger partial charge on any atom is 0.282 e. The van der Waals surface area contributed by atoms with Crippen molar-refractivity contribution in [3.05, 3.63) is 29.7 Å². The maximum atomic E-state index is 13.2. The maximum absolute atomic E-state index is 13.2. The lowest BCUT2D eigenvalue weighted by Crippen LogP contribution is -2.46. The molecule has 1 aliphatic heterocycles. The predicted octanol–water partition coefficient (Wildman–Crippen LogP) is 2.31. The van der Waals surface area contributed by atoms with Gasteiger partial charge in [-0.15, -0.1) is 0 Å². The van der Waals surface area contributed by atoms with E-state index >= 15 is 0 Å². The van der Waals surface area contributed by atoms with Crippen LogP contribution in [0.2, 0.25) is 0 Å². The van der Waals surface area contributed by atoms with Crippen molar-refractivity contribution in [3.8, 4) is 0 Å². The van der Waals surface area contributed by atoms with Gasteiger partial charge in [0.1, 0.15) is 11.5 Å². The number of piperidine rings is 1. The van der Waals surface area contributed by atoms with Crippen LogP contribution in [0.15, 0.2) is 18.5 Å². The molecule has 1 aliphatic rings. The van der Waals surface area contributed by atoms with Crippen LogP contribution in [-0.2, 0) is 13.6 Å². The zero-order chi connectivity index (χ0) is 19.6. The summed E-state index contributed by atoms with van der Waals surface area (Å²) >= 11 is 0. The molecule has 0 aliphatic carbocycles. The molecule has 0 radical (unpaired) electrons. The van der Waals surface area contributed by atoms with Crippen LogP contribution in [0.25, 0.3) is 0 Å². The summed E-state index contributed by atoms with van der Waals surface area (Å²) < 4.78 is 27.9. The monoisotopic (exact) mass is 379 g/mol. The first kappa shape index (κ1) is 19.5. The number of halogens is 2. The normalized spacial score (nSPS) is 18.1. The minimum Gasteiger partial charge on any atom is -0.363 e. The SMILES string of the molecule is CN(C)c1ccnc(N(C)C2CCCN(Cc3cn(C)nc3C(F)F)C2)n1. The molecule has 0 saturated carbocycles. The van der Waals surface area contributed by atoms with E-state index in [1.165, 1.54) is 4.68 Å². The van der Waals surface area contributed by atoms with Crippen molar-refractivity contribution in [1.82, 2.24) is 24.6 Å². The Bertz CT molecular complexity index is 762. The molecule has 1 unspecified atom stereocenters. The third-order valence-corrected chi connectivity index (χ3v) is 4.97. The number of hydrogen-bond donors (Lipinski definition) is 0. The second-order valence-electron chi connectivity index (χ2n) is 7.27. The van der Waals surface area contributed by atoms with E-state index in [9.17, 15) is 8.78 Å². The van der Waals surface area contributed by atoms with Gasteiger partial charge in [-0.3, -0.25) is 9.58 Å². The summed E-state index contributed by atoms with van der Waals surface area (Å²) in [5.41, 5.74) is 0.483. The largest absolute Gasteiger partial charge is 0.363 e. The van der Waals surface area contributed by atoms with Crippen molar-refractivity contribution in [3.63, 3.8) is 0 Å². The molecule has 7 nitrogen and oxygen atoms in total. The van der Waals surface area contributed by atoms with Crippen molar-refractivity contribution >= 4 is 11.8 Å². The Morgan fingerprint density at radius 1 is 1.30 bits per heavy atom. The first-order valence-corrected chi connectivity index (χ1v) is 9.11. The fraction of sp³-hybridized carbons (Fsp3) is 0.611. The molecule has 0 amide bonds. The fourth-order valence-corrected chi connectivity index (χ4v) is 3.51. The molecule has 0 N–H and O–H groups in total. The van der Waals surface area contributed by atoms with E-state index in [0.29, 0.717) is 18.1 Å². The van der Waals surface area contributed by atoms with E-state index in [0.717, 1.165) is 31.7 Å². The minimum atomic E-state index is -2.55. The molecule has 9 heteroatoms. The molecule has 3 heterocycles. The van der Waals surface area contributed by atoms with Crippen LogP contribution in [0.5, 0.6) is 0 Å². The second kappa shape index (κ2) is 8.16. The average molecular weight is 379 g/mol. The van der Waals surface area contributed by atoms with E-state index in [1.54, 1.807) is 19.4 Å². The van der Waals surface area contributed by atoms with Gasteiger partial charge in [0.15, 0.2) is 0 Å². The van der Waals surface area contributed by atoms with Crippen LogP contribution in [0.4, 0.5) is 20.5 Å². The van der Waals surface area contributed by atoms with Crippen molar-refractivity contribution in [2.24, 2.45) is 7.05 Å². The molecule has 3 rings (SSSR count). The molecule has 1 atom stereocenters. The zero-order valence-electron chi connectivity index (χ0n) is 16.3. The molecule has 0 bridgehead atoms. The first-order chi connectivity index (χ1) is 12.8. The number of rotatable bonds is 6. The van der Waals surface area contributed by atoms with Crippen molar-refractivity contribution < 1.29 is 8.78 Å². The summed E-state index contributed by atoms with van der Waals surface area (Å²) in [4.78, 5) is 15.3. The van der Waals surface area contributed by atoms with Crippen LogP contribution in [0, 0.1) is 0 Å². The lowest BCUT2D eigenvalue weighted by Gasteiger charge is -2.37. The highest BCUT2D eigenvalue weighted by Crippen LogP contribution is 2.25. The summed E-state index contributed by atoms with van der Waals surface area (Å²) in [6.07, 6.45) is 2.94. The van der Waals surface area contributed by atoms with E-state index in [4.69, 9.17) is 0 Å². The standard InChI is InChI=1S/C18H27F2N7/c1-24(2)15-7-8-21-18(22-15)26(4)14-6-5-9-27(12-14)11-13-10-25(3)23-16(13)17(19)20/h7-8,10,14,17H,5-6,9,11-12H2,1-4H3. The summed E-state index contributed by atoms with van der Waals surface area (Å²) in [6.45, 7) is 2.15. The molecular formula is C18H27F2N7. The van der Waals surface area contributed by atoms with Crippen LogP contribution >= 0.6 is 0 Å². The number of likely N-dealkylation sites (tertiary alicyclic amines) is 1. The molecule has 1 saturated heterocycles. The highest BCUT2D eigenvalue weighted by Gasteiger charge is 2.27. The molecule has 0 aromatic carbocycles. The average Bonchev–Trinajstić information content (AvgIpc) is 3.02. The third-order valence-electron chi connectivity index (χ3n) is 4.97. The van der Waals surface area contributed by atoms with E-state index in [1.807, 2.05) is 32.1 Å². The Balaban J connectivity index is 1.70. The molecule has 2 aromatic rings. The van der Waals surface area contributed by atoms with Gasteiger partial charge in [0.25, 0.3) is 6.43 Å². The van der Waals surface area contributed by atoms with Crippen LogP contribution in [0.3, 0.4) is 0 Å². The number of nitrogens with zero attached hydrogens (tertiary/aromatic N) is 7. The van der Waals surface area contributed by atoms with Crippen LogP contribution in [0.1, 0.15) is 30.5 Å². The van der Waals surface area contributed by atoms with E-state index in [-0.39, 0.29) is 11.7 Å². The van der Waals surface area contributed by atoms with Crippen LogP contribution in [-0.4, -0.2) is 64.9 Å². The van der Waals surface area contributed by atoms with Gasteiger partial charge in [0.05, 0.1) is 0 Å². The van der Waals surface area contributed by atoms with E-state index in [2.05, 4.69) is 24.9 Å².